The maximum atomic E-state index is 6.01. The second-order valence-corrected chi connectivity index (χ2v) is 3.88. The molecule has 0 bridgehead atoms. The van der Waals surface area contributed by atoms with Crippen LogP contribution in [-0.4, -0.2) is 11.5 Å². The lowest BCUT2D eigenvalue weighted by Gasteiger charge is -2.08. The van der Waals surface area contributed by atoms with Gasteiger partial charge in [0.15, 0.2) is 0 Å². The minimum atomic E-state index is 0.585. The van der Waals surface area contributed by atoms with Crippen molar-refractivity contribution in [1.29, 1.82) is 0 Å². The van der Waals surface area contributed by atoms with Crippen LogP contribution in [0.2, 0.25) is 5.02 Å². The highest BCUT2D eigenvalue weighted by Crippen LogP contribution is 2.29. The fourth-order valence-electron chi connectivity index (χ4n) is 1.43. The van der Waals surface area contributed by atoms with E-state index in [1.807, 2.05) is 31.2 Å². The summed E-state index contributed by atoms with van der Waals surface area (Å²) in [7, 11) is 0. The second kappa shape index (κ2) is 5.55. The van der Waals surface area contributed by atoms with Crippen LogP contribution in [0.15, 0.2) is 42.7 Å². The van der Waals surface area contributed by atoms with Crippen molar-refractivity contribution >= 4 is 17.3 Å². The third-order valence-electron chi connectivity index (χ3n) is 2.16. The van der Waals surface area contributed by atoms with Gasteiger partial charge in [0.1, 0.15) is 11.5 Å². The van der Waals surface area contributed by atoms with Crippen molar-refractivity contribution in [2.75, 3.05) is 11.9 Å². The predicted octanol–water partition coefficient (Wildman–Crippen LogP) is 3.96. The zero-order valence-electron chi connectivity index (χ0n) is 9.48. The summed E-state index contributed by atoms with van der Waals surface area (Å²) in [5, 5.41) is 3.76. The molecule has 0 saturated heterocycles. The number of anilines is 1. The molecule has 0 radical (unpaired) electrons. The number of halogens is 1. The van der Waals surface area contributed by atoms with E-state index < -0.39 is 0 Å². The molecule has 1 aromatic heterocycles. The lowest BCUT2D eigenvalue weighted by molar-refractivity contribution is 0.481. The quantitative estimate of drug-likeness (QED) is 0.889. The Morgan fingerprint density at radius 1 is 1.29 bits per heavy atom. The minimum Gasteiger partial charge on any atom is -0.454 e. The molecule has 0 atom stereocenters. The molecule has 0 aliphatic heterocycles. The Morgan fingerprint density at radius 3 is 2.88 bits per heavy atom. The zero-order valence-corrected chi connectivity index (χ0v) is 10.2. The monoisotopic (exact) mass is 248 g/mol. The molecule has 1 aromatic carbocycles. The molecule has 0 saturated carbocycles. The molecular weight excluding hydrogens is 236 g/mol. The fraction of sp³-hybridized carbons (Fsp3) is 0.154. The molecule has 17 heavy (non-hydrogen) atoms. The largest absolute Gasteiger partial charge is 0.454 e. The molecule has 3 nitrogen and oxygen atoms in total. The van der Waals surface area contributed by atoms with Crippen molar-refractivity contribution < 1.29 is 4.74 Å². The van der Waals surface area contributed by atoms with Gasteiger partial charge in [-0.1, -0.05) is 23.7 Å². The van der Waals surface area contributed by atoms with Gasteiger partial charge in [-0.25, -0.2) is 0 Å². The van der Waals surface area contributed by atoms with Gasteiger partial charge in [0, 0.05) is 12.6 Å². The minimum absolute atomic E-state index is 0.585. The van der Waals surface area contributed by atoms with E-state index in [9.17, 15) is 0 Å². The first-order chi connectivity index (χ1) is 8.29. The Balaban J connectivity index is 2.18. The molecule has 0 unspecified atom stereocenters. The Kier molecular flexibility index (Phi) is 3.83. The summed E-state index contributed by atoms with van der Waals surface area (Å²) in [4.78, 5) is 4.10. The number of para-hydroxylation sites is 1. The van der Waals surface area contributed by atoms with Gasteiger partial charge in [0.05, 0.1) is 23.1 Å². The van der Waals surface area contributed by atoms with Gasteiger partial charge in [-0.05, 0) is 19.1 Å². The SMILES string of the molecule is CCNc1cncc(Oc2ccccc2Cl)c1. The Bertz CT molecular complexity index is 502. The molecular formula is C13H13ClN2O. The number of pyridine rings is 1. The maximum absolute atomic E-state index is 6.01. The highest BCUT2D eigenvalue weighted by molar-refractivity contribution is 6.32. The van der Waals surface area contributed by atoms with Gasteiger partial charge in [0.25, 0.3) is 0 Å². The summed E-state index contributed by atoms with van der Waals surface area (Å²) >= 11 is 6.01. The van der Waals surface area contributed by atoms with E-state index in [4.69, 9.17) is 16.3 Å². The van der Waals surface area contributed by atoms with E-state index in [-0.39, 0.29) is 0 Å². The molecule has 88 valence electrons. The summed E-state index contributed by atoms with van der Waals surface area (Å²) in [5.41, 5.74) is 0.928. The first-order valence-corrected chi connectivity index (χ1v) is 5.78. The van der Waals surface area contributed by atoms with Crippen LogP contribution in [0, 0.1) is 0 Å². The molecule has 1 heterocycles. The highest BCUT2D eigenvalue weighted by atomic mass is 35.5. The van der Waals surface area contributed by atoms with Crippen molar-refractivity contribution in [3.8, 4) is 11.5 Å². The second-order valence-electron chi connectivity index (χ2n) is 3.47. The molecule has 0 spiro atoms. The number of hydrogen-bond donors (Lipinski definition) is 1. The number of nitrogens with one attached hydrogen (secondary N) is 1. The van der Waals surface area contributed by atoms with Crippen LogP contribution in [0.3, 0.4) is 0 Å². The highest BCUT2D eigenvalue weighted by Gasteiger charge is 2.02. The summed E-state index contributed by atoms with van der Waals surface area (Å²) in [5.74, 6) is 1.29. The van der Waals surface area contributed by atoms with E-state index in [0.717, 1.165) is 12.2 Å². The number of nitrogens with zero attached hydrogens (tertiary/aromatic N) is 1. The van der Waals surface area contributed by atoms with Crippen molar-refractivity contribution in [1.82, 2.24) is 4.98 Å². The Hall–Kier alpha value is -1.74. The van der Waals surface area contributed by atoms with Crippen LogP contribution in [-0.2, 0) is 0 Å². The van der Waals surface area contributed by atoms with Gasteiger partial charge in [-0.15, -0.1) is 0 Å². The smallest absolute Gasteiger partial charge is 0.147 e. The first-order valence-electron chi connectivity index (χ1n) is 5.41. The Labute approximate surface area is 105 Å². The molecule has 0 aliphatic rings. The molecule has 0 amide bonds. The summed E-state index contributed by atoms with van der Waals surface area (Å²) < 4.78 is 5.66. The number of aromatic nitrogens is 1. The van der Waals surface area contributed by atoms with Crippen molar-refractivity contribution in [2.24, 2.45) is 0 Å². The predicted molar refractivity (Wildman–Crippen MR) is 69.9 cm³/mol. The third-order valence-corrected chi connectivity index (χ3v) is 2.47. The molecule has 0 aliphatic carbocycles. The normalized spacial score (nSPS) is 10.0. The fourth-order valence-corrected chi connectivity index (χ4v) is 1.60. The van der Waals surface area contributed by atoms with Gasteiger partial charge >= 0.3 is 0 Å². The number of hydrogen-bond acceptors (Lipinski definition) is 3. The van der Waals surface area contributed by atoms with E-state index in [0.29, 0.717) is 16.5 Å². The molecule has 1 N–H and O–H groups in total. The van der Waals surface area contributed by atoms with Gasteiger partial charge in [-0.3, -0.25) is 4.98 Å². The number of ether oxygens (including phenoxy) is 1. The molecule has 2 aromatic rings. The van der Waals surface area contributed by atoms with E-state index in [1.165, 1.54) is 0 Å². The van der Waals surface area contributed by atoms with Crippen LogP contribution < -0.4 is 10.1 Å². The molecule has 0 fully saturated rings. The van der Waals surface area contributed by atoms with E-state index >= 15 is 0 Å². The van der Waals surface area contributed by atoms with Crippen molar-refractivity contribution in [3.63, 3.8) is 0 Å². The first kappa shape index (κ1) is 11.7. The number of benzene rings is 1. The van der Waals surface area contributed by atoms with E-state index in [2.05, 4.69) is 10.3 Å². The number of rotatable bonds is 4. The van der Waals surface area contributed by atoms with E-state index in [1.54, 1.807) is 18.5 Å². The average molecular weight is 249 g/mol. The van der Waals surface area contributed by atoms with Crippen LogP contribution >= 0.6 is 11.6 Å². The van der Waals surface area contributed by atoms with Crippen molar-refractivity contribution in [3.05, 3.63) is 47.7 Å². The van der Waals surface area contributed by atoms with Crippen molar-refractivity contribution in [2.45, 2.75) is 6.92 Å². The summed E-state index contributed by atoms with van der Waals surface area (Å²) in [6, 6.07) is 9.24. The van der Waals surface area contributed by atoms with Gasteiger partial charge < -0.3 is 10.1 Å². The standard InChI is InChI=1S/C13H13ClN2O/c1-2-16-10-7-11(9-15-8-10)17-13-6-4-3-5-12(13)14/h3-9,16H,2H2,1H3. The lowest BCUT2D eigenvalue weighted by atomic mass is 10.3. The average Bonchev–Trinajstić information content (AvgIpc) is 2.33. The lowest BCUT2D eigenvalue weighted by Crippen LogP contribution is -1.97. The Morgan fingerprint density at radius 2 is 2.12 bits per heavy atom. The van der Waals surface area contributed by atoms with Crippen LogP contribution in [0.1, 0.15) is 6.92 Å². The van der Waals surface area contributed by atoms with Crippen LogP contribution in [0.5, 0.6) is 11.5 Å². The van der Waals surface area contributed by atoms with Crippen LogP contribution in [0.4, 0.5) is 5.69 Å². The van der Waals surface area contributed by atoms with Gasteiger partial charge in [-0.2, -0.15) is 0 Å². The third kappa shape index (κ3) is 3.11. The molecule has 4 heteroatoms. The maximum Gasteiger partial charge on any atom is 0.147 e. The zero-order chi connectivity index (χ0) is 12.1. The summed E-state index contributed by atoms with van der Waals surface area (Å²) in [6.07, 6.45) is 3.41. The molecule has 2 rings (SSSR count). The topological polar surface area (TPSA) is 34.2 Å². The van der Waals surface area contributed by atoms with Gasteiger partial charge in [0.2, 0.25) is 0 Å². The van der Waals surface area contributed by atoms with Crippen LogP contribution in [0.25, 0.3) is 0 Å². The summed E-state index contributed by atoms with van der Waals surface area (Å²) in [6.45, 7) is 2.87.